The van der Waals surface area contributed by atoms with Crippen molar-refractivity contribution >= 4 is 27.7 Å². The van der Waals surface area contributed by atoms with E-state index < -0.39 is 0 Å². The molecule has 1 amide bonds. The summed E-state index contributed by atoms with van der Waals surface area (Å²) in [6, 6.07) is 10.2. The van der Waals surface area contributed by atoms with Crippen molar-refractivity contribution in [2.45, 2.75) is 12.8 Å². The molecular formula is C17H19N3O2. The maximum Gasteiger partial charge on any atom is 0.220 e. The average molecular weight is 297 g/mol. The van der Waals surface area contributed by atoms with Crippen LogP contribution in [0.4, 0.5) is 0 Å². The van der Waals surface area contributed by atoms with Gasteiger partial charge in [0.1, 0.15) is 0 Å². The summed E-state index contributed by atoms with van der Waals surface area (Å²) in [5, 5.41) is 5.16. The minimum atomic E-state index is 0.0258. The van der Waals surface area contributed by atoms with E-state index in [9.17, 15) is 4.79 Å². The second kappa shape index (κ2) is 6.58. The van der Waals surface area contributed by atoms with Crippen LogP contribution in [-0.4, -0.2) is 36.1 Å². The number of aryl methyl sites for hydroxylation is 1. The molecule has 22 heavy (non-hydrogen) atoms. The Morgan fingerprint density at radius 2 is 2.14 bits per heavy atom. The fraction of sp³-hybridized carbons (Fsp3) is 0.294. The van der Waals surface area contributed by atoms with Gasteiger partial charge in [0.15, 0.2) is 0 Å². The number of methoxy groups -OCH3 is 1. The summed E-state index contributed by atoms with van der Waals surface area (Å²) in [6.07, 6.45) is 2.91. The summed E-state index contributed by atoms with van der Waals surface area (Å²) in [5.41, 5.74) is 3.06. The van der Waals surface area contributed by atoms with Crippen molar-refractivity contribution in [1.82, 2.24) is 15.3 Å². The molecule has 0 aliphatic heterocycles. The molecule has 0 spiro atoms. The summed E-state index contributed by atoms with van der Waals surface area (Å²) < 4.78 is 4.90. The minimum Gasteiger partial charge on any atom is -0.383 e. The predicted molar refractivity (Wildman–Crippen MR) is 86.8 cm³/mol. The first-order valence-corrected chi connectivity index (χ1v) is 7.39. The van der Waals surface area contributed by atoms with Crippen molar-refractivity contribution < 1.29 is 9.53 Å². The molecule has 0 radical (unpaired) electrons. The summed E-state index contributed by atoms with van der Waals surface area (Å²) in [6.45, 7) is 1.08. The zero-order valence-electron chi connectivity index (χ0n) is 12.6. The number of carbonyl (C=O) groups excluding carboxylic acids is 1. The van der Waals surface area contributed by atoms with E-state index in [1.807, 2.05) is 18.3 Å². The van der Waals surface area contributed by atoms with E-state index in [0.717, 1.165) is 22.1 Å². The lowest BCUT2D eigenvalue weighted by Crippen LogP contribution is -2.27. The Morgan fingerprint density at radius 1 is 1.27 bits per heavy atom. The monoisotopic (exact) mass is 297 g/mol. The van der Waals surface area contributed by atoms with Crippen LogP contribution < -0.4 is 5.32 Å². The molecule has 0 bridgehead atoms. The van der Waals surface area contributed by atoms with Crippen molar-refractivity contribution in [2.75, 3.05) is 20.3 Å². The molecule has 0 atom stereocenters. The van der Waals surface area contributed by atoms with Crippen molar-refractivity contribution in [3.05, 3.63) is 42.2 Å². The van der Waals surface area contributed by atoms with Crippen LogP contribution in [0.1, 0.15) is 12.1 Å². The molecular weight excluding hydrogens is 278 g/mol. The maximum atomic E-state index is 11.7. The van der Waals surface area contributed by atoms with Gasteiger partial charge in [-0.1, -0.05) is 18.2 Å². The fourth-order valence-electron chi connectivity index (χ4n) is 2.55. The van der Waals surface area contributed by atoms with E-state index in [-0.39, 0.29) is 5.91 Å². The van der Waals surface area contributed by atoms with Gasteiger partial charge in [0.25, 0.3) is 0 Å². The first-order valence-electron chi connectivity index (χ1n) is 7.39. The molecule has 0 saturated heterocycles. The average Bonchev–Trinajstić information content (AvgIpc) is 2.91. The lowest BCUT2D eigenvalue weighted by Gasteiger charge is -2.04. The standard InChI is InChI=1S/C17H19N3O2/c1-22-9-8-18-17(21)7-6-12-10-14-13-4-2-3-5-15(13)20-16(14)11-19-12/h2-5,10-11,20H,6-9H2,1H3,(H,18,21). The van der Waals surface area contributed by atoms with Crippen LogP contribution in [-0.2, 0) is 16.0 Å². The number of aromatic nitrogens is 2. The first kappa shape index (κ1) is 14.5. The lowest BCUT2D eigenvalue weighted by molar-refractivity contribution is -0.121. The number of H-pyrrole nitrogens is 1. The predicted octanol–water partition coefficient (Wildman–Crippen LogP) is 2.41. The Kier molecular flexibility index (Phi) is 4.34. The van der Waals surface area contributed by atoms with Crippen LogP contribution >= 0.6 is 0 Å². The molecule has 2 aromatic heterocycles. The van der Waals surface area contributed by atoms with Gasteiger partial charge in [-0.25, -0.2) is 0 Å². The fourth-order valence-corrected chi connectivity index (χ4v) is 2.55. The van der Waals surface area contributed by atoms with Crippen molar-refractivity contribution in [3.8, 4) is 0 Å². The molecule has 3 rings (SSSR count). The Bertz CT molecular complexity index is 795. The molecule has 0 fully saturated rings. The number of carbonyl (C=O) groups is 1. The van der Waals surface area contributed by atoms with Gasteiger partial charge < -0.3 is 15.0 Å². The number of nitrogens with one attached hydrogen (secondary N) is 2. The van der Waals surface area contributed by atoms with Gasteiger partial charge in [-0.3, -0.25) is 9.78 Å². The van der Waals surface area contributed by atoms with Crippen LogP contribution in [0.15, 0.2) is 36.5 Å². The number of benzene rings is 1. The highest BCUT2D eigenvalue weighted by Crippen LogP contribution is 2.25. The zero-order valence-corrected chi connectivity index (χ0v) is 12.6. The van der Waals surface area contributed by atoms with E-state index >= 15 is 0 Å². The van der Waals surface area contributed by atoms with Crippen LogP contribution in [0.25, 0.3) is 21.8 Å². The maximum absolute atomic E-state index is 11.7. The molecule has 5 heteroatoms. The first-order chi connectivity index (χ1) is 10.8. The number of nitrogens with zero attached hydrogens (tertiary/aromatic N) is 1. The number of aromatic amines is 1. The van der Waals surface area contributed by atoms with E-state index in [0.29, 0.717) is 26.0 Å². The highest BCUT2D eigenvalue weighted by molar-refractivity contribution is 6.06. The molecule has 2 heterocycles. The third-order valence-electron chi connectivity index (χ3n) is 3.68. The highest BCUT2D eigenvalue weighted by atomic mass is 16.5. The van der Waals surface area contributed by atoms with E-state index in [1.165, 1.54) is 5.39 Å². The van der Waals surface area contributed by atoms with Crippen LogP contribution in [0, 0.1) is 0 Å². The molecule has 1 aromatic carbocycles. The highest BCUT2D eigenvalue weighted by Gasteiger charge is 2.07. The number of para-hydroxylation sites is 1. The molecule has 0 saturated carbocycles. The van der Waals surface area contributed by atoms with Gasteiger partial charge in [0.05, 0.1) is 18.3 Å². The van der Waals surface area contributed by atoms with Crippen LogP contribution in [0.5, 0.6) is 0 Å². The number of ether oxygens (including phenoxy) is 1. The largest absolute Gasteiger partial charge is 0.383 e. The second-order valence-electron chi connectivity index (χ2n) is 5.23. The van der Waals surface area contributed by atoms with Gasteiger partial charge in [-0.2, -0.15) is 0 Å². The van der Waals surface area contributed by atoms with Gasteiger partial charge in [0.2, 0.25) is 5.91 Å². The smallest absolute Gasteiger partial charge is 0.220 e. The number of amides is 1. The van der Waals surface area contributed by atoms with Crippen molar-refractivity contribution in [1.29, 1.82) is 0 Å². The molecule has 2 N–H and O–H groups in total. The van der Waals surface area contributed by atoms with Crippen molar-refractivity contribution in [3.63, 3.8) is 0 Å². The van der Waals surface area contributed by atoms with Crippen LogP contribution in [0.3, 0.4) is 0 Å². The van der Waals surface area contributed by atoms with E-state index in [1.54, 1.807) is 7.11 Å². The number of hydrogen-bond acceptors (Lipinski definition) is 3. The van der Waals surface area contributed by atoms with Gasteiger partial charge in [-0.05, 0) is 18.6 Å². The molecule has 0 aliphatic rings. The number of hydrogen-bond donors (Lipinski definition) is 2. The third-order valence-corrected chi connectivity index (χ3v) is 3.68. The SMILES string of the molecule is COCCNC(=O)CCc1cc2c(cn1)[nH]c1ccccc12. The topological polar surface area (TPSA) is 67.0 Å². The zero-order chi connectivity index (χ0) is 15.4. The molecule has 114 valence electrons. The number of rotatable bonds is 6. The number of pyridine rings is 1. The van der Waals surface area contributed by atoms with Gasteiger partial charge in [0, 0.05) is 42.1 Å². The molecule has 0 aliphatic carbocycles. The lowest BCUT2D eigenvalue weighted by atomic mass is 10.1. The summed E-state index contributed by atoms with van der Waals surface area (Å²) in [4.78, 5) is 19.5. The Morgan fingerprint density at radius 3 is 3.00 bits per heavy atom. The summed E-state index contributed by atoms with van der Waals surface area (Å²) in [7, 11) is 1.62. The second-order valence-corrected chi connectivity index (χ2v) is 5.23. The minimum absolute atomic E-state index is 0.0258. The Hall–Kier alpha value is -2.40. The third kappa shape index (κ3) is 3.09. The van der Waals surface area contributed by atoms with Gasteiger partial charge >= 0.3 is 0 Å². The molecule has 3 aromatic rings. The quantitative estimate of drug-likeness (QED) is 0.687. The number of fused-ring (bicyclic) bond motifs is 3. The van der Waals surface area contributed by atoms with Gasteiger partial charge in [-0.15, -0.1) is 0 Å². The Balaban J connectivity index is 1.72. The Labute approximate surface area is 128 Å². The van der Waals surface area contributed by atoms with E-state index in [4.69, 9.17) is 4.74 Å². The molecule has 5 nitrogen and oxygen atoms in total. The molecule has 0 unspecified atom stereocenters. The van der Waals surface area contributed by atoms with E-state index in [2.05, 4.69) is 33.5 Å². The van der Waals surface area contributed by atoms with Crippen molar-refractivity contribution in [2.24, 2.45) is 0 Å². The summed E-state index contributed by atoms with van der Waals surface area (Å²) in [5.74, 6) is 0.0258. The normalized spacial score (nSPS) is 11.1. The summed E-state index contributed by atoms with van der Waals surface area (Å²) >= 11 is 0. The van der Waals surface area contributed by atoms with Crippen LogP contribution in [0.2, 0.25) is 0 Å².